The molecule has 5 amide bonds. The summed E-state index contributed by atoms with van der Waals surface area (Å²) in [5.41, 5.74) is 3.99. The molecule has 3 N–H and O–H groups in total. The van der Waals surface area contributed by atoms with E-state index in [4.69, 9.17) is 16.3 Å². The summed E-state index contributed by atoms with van der Waals surface area (Å²) in [5.74, 6) is -0.283. The molecule has 2 saturated carbocycles. The minimum atomic E-state index is -0.975. The molecule has 4 fully saturated rings. The molecule has 0 spiro atoms. The molecular formula is C45H48ClN7O6. The number of benzene rings is 3. The first-order valence-corrected chi connectivity index (χ1v) is 20.9. The average Bonchev–Trinajstić information content (AvgIpc) is 3.92. The Morgan fingerprint density at radius 2 is 1.58 bits per heavy atom. The number of piperidine rings is 1. The van der Waals surface area contributed by atoms with Crippen molar-refractivity contribution in [1.82, 2.24) is 20.4 Å². The van der Waals surface area contributed by atoms with Crippen LogP contribution in [0.2, 0.25) is 5.02 Å². The van der Waals surface area contributed by atoms with Crippen LogP contribution in [0.3, 0.4) is 0 Å². The average molecular weight is 818 g/mol. The van der Waals surface area contributed by atoms with Gasteiger partial charge in [0.2, 0.25) is 11.8 Å². The van der Waals surface area contributed by atoms with Crippen LogP contribution in [-0.2, 0) is 16.1 Å². The van der Waals surface area contributed by atoms with E-state index in [1.165, 1.54) is 0 Å². The Labute approximate surface area is 348 Å². The fourth-order valence-corrected chi connectivity index (χ4v) is 11.7. The topological polar surface area (TPSA) is 164 Å². The van der Waals surface area contributed by atoms with E-state index >= 15 is 0 Å². The fraction of sp³-hybridized carbons (Fsp3) is 0.467. The monoisotopic (exact) mass is 817 g/mol. The number of nitrogens with zero attached hydrogens (tertiary/aromatic N) is 4. The van der Waals surface area contributed by atoms with Crippen LogP contribution in [0.25, 0.3) is 0 Å². The molecule has 2 saturated heterocycles. The van der Waals surface area contributed by atoms with Gasteiger partial charge in [0, 0.05) is 85.1 Å². The largest absolute Gasteiger partial charge is 0.489 e. The molecule has 6 aliphatic rings. The van der Waals surface area contributed by atoms with Gasteiger partial charge in [0.25, 0.3) is 17.7 Å². The molecule has 4 heterocycles. The quantitative estimate of drug-likeness (QED) is 0.179. The lowest BCUT2D eigenvalue weighted by Crippen LogP contribution is -2.74. The summed E-state index contributed by atoms with van der Waals surface area (Å²) in [5, 5.41) is 19.2. The molecule has 9 rings (SSSR count). The van der Waals surface area contributed by atoms with Gasteiger partial charge in [-0.2, -0.15) is 5.26 Å². The van der Waals surface area contributed by atoms with E-state index in [1.54, 1.807) is 30.3 Å². The Hall–Kier alpha value is -5.45. The van der Waals surface area contributed by atoms with Gasteiger partial charge in [0.05, 0.1) is 21.7 Å². The fourth-order valence-electron chi connectivity index (χ4n) is 11.5. The van der Waals surface area contributed by atoms with Crippen molar-refractivity contribution in [2.75, 3.05) is 36.4 Å². The van der Waals surface area contributed by atoms with Crippen molar-refractivity contribution >= 4 is 52.5 Å². The van der Waals surface area contributed by atoms with E-state index in [0.29, 0.717) is 51.9 Å². The van der Waals surface area contributed by atoms with Gasteiger partial charge in [-0.3, -0.25) is 34.2 Å². The zero-order valence-corrected chi connectivity index (χ0v) is 34.4. The Kier molecular flexibility index (Phi) is 9.51. The summed E-state index contributed by atoms with van der Waals surface area (Å²) >= 11 is 6.29. The highest BCUT2D eigenvalue weighted by molar-refractivity contribution is 6.31. The van der Waals surface area contributed by atoms with E-state index in [2.05, 4.69) is 60.7 Å². The van der Waals surface area contributed by atoms with E-state index in [0.717, 1.165) is 66.4 Å². The maximum absolute atomic E-state index is 13.8. The van der Waals surface area contributed by atoms with Crippen LogP contribution in [0.5, 0.6) is 5.75 Å². The number of imide groups is 2. The summed E-state index contributed by atoms with van der Waals surface area (Å²) in [6, 6.07) is 18.0. The third-order valence-electron chi connectivity index (χ3n) is 13.8. The predicted molar refractivity (Wildman–Crippen MR) is 220 cm³/mol. The summed E-state index contributed by atoms with van der Waals surface area (Å²) in [4.78, 5) is 69.7. The molecule has 14 heteroatoms. The van der Waals surface area contributed by atoms with Gasteiger partial charge < -0.3 is 25.2 Å². The smallest absolute Gasteiger partial charge is 0.262 e. The van der Waals surface area contributed by atoms with Crippen molar-refractivity contribution in [2.45, 2.75) is 84.2 Å². The van der Waals surface area contributed by atoms with Crippen molar-refractivity contribution < 1.29 is 28.7 Å². The SMILES string of the molecule is CC1(C)C(Oc2ccc(C#N)c(Cl)c2)C(C)(C)C1N1Cc2cc(NCCNC3CC4CN(c5ccc6c(c5)C(=O)N(C5CCC(=O)NC5=O)C6=O)CC4C3)ccc2C1=O. The second kappa shape index (κ2) is 14.4. The normalized spacial score (nSPS) is 27.6. The van der Waals surface area contributed by atoms with Crippen LogP contribution in [0.1, 0.15) is 95.6 Å². The van der Waals surface area contributed by atoms with E-state index in [-0.39, 0.29) is 41.7 Å². The number of hydrogen-bond donors (Lipinski definition) is 3. The second-order valence-corrected chi connectivity index (χ2v) is 18.7. The van der Waals surface area contributed by atoms with Crippen molar-refractivity contribution in [3.8, 4) is 11.8 Å². The van der Waals surface area contributed by atoms with Crippen LogP contribution in [0.15, 0.2) is 54.6 Å². The Morgan fingerprint density at radius 3 is 2.27 bits per heavy atom. The van der Waals surface area contributed by atoms with E-state index in [1.807, 2.05) is 23.1 Å². The zero-order chi connectivity index (χ0) is 41.5. The first kappa shape index (κ1) is 39.0. The molecule has 0 bridgehead atoms. The molecule has 0 radical (unpaired) electrons. The highest BCUT2D eigenvalue weighted by Gasteiger charge is 2.67. The highest BCUT2D eigenvalue weighted by atomic mass is 35.5. The van der Waals surface area contributed by atoms with Gasteiger partial charge >= 0.3 is 0 Å². The summed E-state index contributed by atoms with van der Waals surface area (Å²) in [7, 11) is 0. The second-order valence-electron chi connectivity index (χ2n) is 18.3. The van der Waals surface area contributed by atoms with E-state index < -0.39 is 29.7 Å². The molecule has 3 aromatic carbocycles. The Bertz CT molecular complexity index is 2330. The van der Waals surface area contributed by atoms with E-state index in [9.17, 15) is 29.2 Å². The molecule has 3 atom stereocenters. The van der Waals surface area contributed by atoms with Crippen molar-refractivity contribution in [3.63, 3.8) is 0 Å². The first-order valence-electron chi connectivity index (χ1n) is 20.5. The molecule has 0 aromatic heterocycles. The van der Waals surface area contributed by atoms with Crippen molar-refractivity contribution in [1.29, 1.82) is 5.26 Å². The molecule has 13 nitrogen and oxygen atoms in total. The molecule has 3 unspecified atom stereocenters. The third-order valence-corrected chi connectivity index (χ3v) is 14.1. The van der Waals surface area contributed by atoms with Gasteiger partial charge in [-0.15, -0.1) is 0 Å². The summed E-state index contributed by atoms with van der Waals surface area (Å²) in [6.45, 7) is 12.4. The molecule has 59 heavy (non-hydrogen) atoms. The number of anilines is 2. The summed E-state index contributed by atoms with van der Waals surface area (Å²) in [6.07, 6.45) is 2.17. The number of nitrogens with one attached hydrogen (secondary N) is 3. The number of fused-ring (bicyclic) bond motifs is 3. The summed E-state index contributed by atoms with van der Waals surface area (Å²) < 4.78 is 6.47. The molecule has 3 aromatic rings. The minimum absolute atomic E-state index is 0.0424. The lowest BCUT2D eigenvalue weighted by atomic mass is 9.49. The molecule has 2 aliphatic carbocycles. The number of rotatable bonds is 10. The third kappa shape index (κ3) is 6.52. The number of carbonyl (C=O) groups is 5. The van der Waals surface area contributed by atoms with Crippen LogP contribution in [0.4, 0.5) is 11.4 Å². The van der Waals surface area contributed by atoms with Gasteiger partial charge in [-0.05, 0) is 85.2 Å². The van der Waals surface area contributed by atoms with Gasteiger partial charge in [-0.25, -0.2) is 0 Å². The maximum atomic E-state index is 13.8. The standard InChI is InChI=1S/C45H48ClN7O6/c1-44(2)42(45(3,4)43(44)59-31-8-5-24(20-47)35(46)19-31)52-23-27-17-28(6-9-32(27)39(52)56)48-13-14-49-29-15-25-21-51(22-26(25)16-29)30-7-10-33-34(18-30)41(58)53(40(33)57)36-11-12-37(54)50-38(36)55/h5-10,17-19,25-26,29,36,42-43,48-49H,11-16,21-23H2,1-4H3,(H,50,54,55). The number of ether oxygens (including phenoxy) is 1. The molecular weight excluding hydrogens is 770 g/mol. The van der Waals surface area contributed by atoms with Crippen LogP contribution >= 0.6 is 11.6 Å². The lowest BCUT2D eigenvalue weighted by Gasteiger charge is -2.65. The van der Waals surface area contributed by atoms with Gasteiger partial charge in [0.1, 0.15) is 24.0 Å². The van der Waals surface area contributed by atoms with Crippen LogP contribution in [0, 0.1) is 34.0 Å². The van der Waals surface area contributed by atoms with Gasteiger partial charge in [0.15, 0.2) is 0 Å². The Morgan fingerprint density at radius 1 is 0.864 bits per heavy atom. The minimum Gasteiger partial charge on any atom is -0.489 e. The number of carbonyl (C=O) groups excluding carboxylic acids is 5. The van der Waals surface area contributed by atoms with Crippen molar-refractivity contribution in [2.24, 2.45) is 22.7 Å². The Balaban J connectivity index is 0.748. The number of halogens is 1. The predicted octanol–water partition coefficient (Wildman–Crippen LogP) is 5.37. The van der Waals surface area contributed by atoms with Gasteiger partial charge in [-0.1, -0.05) is 39.3 Å². The van der Waals surface area contributed by atoms with Crippen molar-refractivity contribution in [3.05, 3.63) is 87.4 Å². The lowest BCUT2D eigenvalue weighted by molar-refractivity contribution is -0.199. The number of amides is 5. The molecule has 4 aliphatic heterocycles. The van der Waals surface area contributed by atoms with Crippen LogP contribution < -0.4 is 25.6 Å². The van der Waals surface area contributed by atoms with Crippen LogP contribution in [-0.4, -0.2) is 89.7 Å². The number of nitriles is 1. The first-order chi connectivity index (χ1) is 28.1. The molecule has 306 valence electrons. The number of hydrogen-bond acceptors (Lipinski definition) is 10. The zero-order valence-electron chi connectivity index (χ0n) is 33.6. The maximum Gasteiger partial charge on any atom is 0.262 e. The highest BCUT2D eigenvalue weighted by Crippen LogP contribution is 2.59.